The lowest BCUT2D eigenvalue weighted by atomic mass is 10.6. The van der Waals surface area contributed by atoms with E-state index in [0.717, 1.165) is 7.11 Å². The first-order valence-corrected chi connectivity index (χ1v) is 1.73. The summed E-state index contributed by atoms with van der Waals surface area (Å²) in [4.78, 5) is 0. The van der Waals surface area contributed by atoms with Crippen molar-refractivity contribution in [3.05, 3.63) is 0 Å². The molecule has 0 aliphatic rings. The Morgan fingerprint density at radius 2 is 2.00 bits per heavy atom. The Bertz CT molecular complexity index is 44.9. The first-order chi connectivity index (χ1) is 3.12. The predicted molar refractivity (Wildman–Crippen MR) is 21.3 cm³/mol. The zero-order chi connectivity index (χ0) is 5.91. The molecule has 4 nitrogen and oxygen atoms in total. The highest BCUT2D eigenvalue weighted by atomic mass is 16.8. The van der Waals surface area contributed by atoms with Gasteiger partial charge in [0.1, 0.15) is 6.61 Å². The molecule has 44 valence electrons. The van der Waals surface area contributed by atoms with Gasteiger partial charge in [0.2, 0.25) is 0 Å². The number of aliphatic hydroxyl groups excluding tert-OH is 1. The summed E-state index contributed by atoms with van der Waals surface area (Å²) in [5.74, 6) is -2.36. The number of ether oxygens (including phenoxy) is 1. The lowest BCUT2D eigenvalue weighted by Gasteiger charge is -2.14. The molecule has 3 N–H and O–H groups in total. The highest BCUT2D eigenvalue weighted by Crippen LogP contribution is 1.94. The minimum atomic E-state index is -2.36. The Hall–Kier alpha value is -0.160. The summed E-state index contributed by atoms with van der Waals surface area (Å²) >= 11 is 0. The van der Waals surface area contributed by atoms with Crippen LogP contribution in [0.3, 0.4) is 0 Å². The van der Waals surface area contributed by atoms with Crippen LogP contribution in [0, 0.1) is 0 Å². The number of methoxy groups -OCH3 is 1. The predicted octanol–water partition coefficient (Wildman–Crippen LogP) is -1.74. The molecule has 0 saturated carbocycles. The fourth-order valence-electron chi connectivity index (χ4n) is 0.0645. The van der Waals surface area contributed by atoms with E-state index in [1.807, 2.05) is 0 Å². The van der Waals surface area contributed by atoms with Crippen LogP contribution in [0.25, 0.3) is 0 Å². The summed E-state index contributed by atoms with van der Waals surface area (Å²) in [6, 6.07) is 0. The fourth-order valence-corrected chi connectivity index (χ4v) is 0.0645. The Morgan fingerprint density at radius 3 is 2.00 bits per heavy atom. The van der Waals surface area contributed by atoms with E-state index in [1.165, 1.54) is 0 Å². The quantitative estimate of drug-likeness (QED) is 0.367. The van der Waals surface area contributed by atoms with E-state index in [0.29, 0.717) is 0 Å². The number of hydrogen-bond donors (Lipinski definition) is 3. The maximum absolute atomic E-state index is 8.22. The van der Waals surface area contributed by atoms with Crippen molar-refractivity contribution in [3.63, 3.8) is 0 Å². The van der Waals surface area contributed by atoms with Crippen LogP contribution in [-0.2, 0) is 4.74 Å². The minimum Gasteiger partial charge on any atom is -0.388 e. The molecule has 0 aromatic heterocycles. The summed E-state index contributed by atoms with van der Waals surface area (Å²) in [5.41, 5.74) is 0. The Kier molecular flexibility index (Phi) is 2.17. The van der Waals surface area contributed by atoms with Crippen LogP contribution >= 0.6 is 0 Å². The fraction of sp³-hybridized carbons (Fsp3) is 1.00. The normalized spacial score (nSPS) is 12.0. The monoisotopic (exact) mass is 108 g/mol. The van der Waals surface area contributed by atoms with Crippen LogP contribution in [0.1, 0.15) is 0 Å². The molecular formula is C3H8O4. The Balaban J connectivity index is 3.36. The van der Waals surface area contributed by atoms with Crippen molar-refractivity contribution in [1.29, 1.82) is 0 Å². The second-order valence-corrected chi connectivity index (χ2v) is 1.11. The summed E-state index contributed by atoms with van der Waals surface area (Å²) in [6.45, 7) is -0.816. The smallest absolute Gasteiger partial charge is 0.302 e. The van der Waals surface area contributed by atoms with Gasteiger partial charge >= 0.3 is 5.97 Å². The second kappa shape index (κ2) is 2.23. The van der Waals surface area contributed by atoms with Gasteiger partial charge in [-0.1, -0.05) is 0 Å². The molecule has 4 heteroatoms. The van der Waals surface area contributed by atoms with Gasteiger partial charge in [-0.2, -0.15) is 0 Å². The number of rotatable bonds is 2. The largest absolute Gasteiger partial charge is 0.388 e. The molecule has 7 heavy (non-hydrogen) atoms. The van der Waals surface area contributed by atoms with Gasteiger partial charge in [0.15, 0.2) is 0 Å². The molecule has 0 aromatic carbocycles. The van der Waals surface area contributed by atoms with Gasteiger partial charge in [-0.15, -0.1) is 0 Å². The molecule has 0 saturated heterocycles. The summed E-state index contributed by atoms with van der Waals surface area (Å²) < 4.78 is 3.95. The van der Waals surface area contributed by atoms with E-state index in [-0.39, 0.29) is 0 Å². The maximum atomic E-state index is 8.22. The summed E-state index contributed by atoms with van der Waals surface area (Å²) in [5, 5.41) is 24.4. The molecule has 0 spiro atoms. The maximum Gasteiger partial charge on any atom is 0.302 e. The van der Waals surface area contributed by atoms with Gasteiger partial charge in [-0.05, 0) is 0 Å². The lowest BCUT2D eigenvalue weighted by molar-refractivity contribution is -0.339. The van der Waals surface area contributed by atoms with Crippen molar-refractivity contribution in [3.8, 4) is 0 Å². The Morgan fingerprint density at radius 1 is 1.57 bits per heavy atom. The van der Waals surface area contributed by atoms with E-state index < -0.39 is 12.6 Å². The average Bonchev–Trinajstić information content (AvgIpc) is 1.68. The van der Waals surface area contributed by atoms with Gasteiger partial charge < -0.3 is 20.1 Å². The minimum absolute atomic E-state index is 0.816. The highest BCUT2D eigenvalue weighted by molar-refractivity contribution is 4.40. The molecule has 0 radical (unpaired) electrons. The zero-order valence-corrected chi connectivity index (χ0v) is 3.96. The van der Waals surface area contributed by atoms with E-state index in [2.05, 4.69) is 4.74 Å². The van der Waals surface area contributed by atoms with Gasteiger partial charge in [0.25, 0.3) is 0 Å². The van der Waals surface area contributed by atoms with Crippen molar-refractivity contribution in [1.82, 2.24) is 0 Å². The highest BCUT2D eigenvalue weighted by Gasteiger charge is 2.18. The molecule has 0 aliphatic carbocycles. The summed E-state index contributed by atoms with van der Waals surface area (Å²) in [6.07, 6.45) is 0. The zero-order valence-electron chi connectivity index (χ0n) is 3.96. The first-order valence-electron chi connectivity index (χ1n) is 1.73. The van der Waals surface area contributed by atoms with Crippen LogP contribution in [0.2, 0.25) is 0 Å². The van der Waals surface area contributed by atoms with E-state index in [4.69, 9.17) is 15.3 Å². The first kappa shape index (κ1) is 6.84. The van der Waals surface area contributed by atoms with Crippen molar-refractivity contribution in [2.24, 2.45) is 0 Å². The molecule has 0 unspecified atom stereocenters. The SMILES string of the molecule is COC(O)(O)CO. The van der Waals surface area contributed by atoms with Crippen LogP contribution in [-0.4, -0.2) is 35.0 Å². The lowest BCUT2D eigenvalue weighted by Crippen LogP contribution is -2.34. The van der Waals surface area contributed by atoms with Crippen molar-refractivity contribution < 1.29 is 20.1 Å². The molecule has 0 rings (SSSR count). The molecule has 0 aliphatic heterocycles. The molecule has 0 atom stereocenters. The molecule has 0 bridgehead atoms. The van der Waals surface area contributed by atoms with Crippen LogP contribution in [0.15, 0.2) is 0 Å². The second-order valence-electron chi connectivity index (χ2n) is 1.11. The van der Waals surface area contributed by atoms with E-state index in [9.17, 15) is 0 Å². The van der Waals surface area contributed by atoms with Gasteiger partial charge in [0.05, 0.1) is 0 Å². The molecule has 0 amide bonds. The topological polar surface area (TPSA) is 69.9 Å². The van der Waals surface area contributed by atoms with E-state index in [1.54, 1.807) is 0 Å². The summed E-state index contributed by atoms with van der Waals surface area (Å²) in [7, 11) is 1.08. The number of aliphatic hydroxyl groups is 3. The van der Waals surface area contributed by atoms with Crippen LogP contribution in [0.4, 0.5) is 0 Å². The molecule has 0 heterocycles. The van der Waals surface area contributed by atoms with Gasteiger partial charge in [0, 0.05) is 7.11 Å². The number of hydrogen-bond acceptors (Lipinski definition) is 4. The average molecular weight is 108 g/mol. The third-order valence-electron chi connectivity index (χ3n) is 0.533. The third-order valence-corrected chi connectivity index (χ3v) is 0.533. The Labute approximate surface area is 41.0 Å². The molecular weight excluding hydrogens is 100 g/mol. The molecule has 0 aromatic rings. The van der Waals surface area contributed by atoms with E-state index >= 15 is 0 Å². The molecule has 0 fully saturated rings. The standard InChI is InChI=1S/C3H8O4/c1-7-3(5,6)2-4/h4-6H,2H2,1H3. The van der Waals surface area contributed by atoms with Crippen molar-refractivity contribution in [2.45, 2.75) is 5.97 Å². The van der Waals surface area contributed by atoms with Crippen molar-refractivity contribution >= 4 is 0 Å². The van der Waals surface area contributed by atoms with Gasteiger partial charge in [-0.25, -0.2) is 0 Å². The van der Waals surface area contributed by atoms with Crippen molar-refractivity contribution in [2.75, 3.05) is 13.7 Å². The van der Waals surface area contributed by atoms with Crippen LogP contribution < -0.4 is 0 Å². The van der Waals surface area contributed by atoms with Gasteiger partial charge in [-0.3, -0.25) is 0 Å². The third kappa shape index (κ3) is 2.52. The van der Waals surface area contributed by atoms with Crippen LogP contribution in [0.5, 0.6) is 0 Å².